The van der Waals surface area contributed by atoms with E-state index in [0.29, 0.717) is 22.9 Å². The Morgan fingerprint density at radius 1 is 0.680 bits per heavy atom. The summed E-state index contributed by atoms with van der Waals surface area (Å²) in [6.07, 6.45) is 0. The molecule has 132 valence electrons. The van der Waals surface area contributed by atoms with Crippen LogP contribution in [0.15, 0.2) is 36.4 Å². The molecule has 2 aromatic carbocycles. The summed E-state index contributed by atoms with van der Waals surface area (Å²) in [7, 11) is 3.00. The van der Waals surface area contributed by atoms with E-state index in [1.54, 1.807) is 36.4 Å². The summed E-state index contributed by atoms with van der Waals surface area (Å²) in [4.78, 5) is 6.28. The molecule has 0 bridgehead atoms. The van der Waals surface area contributed by atoms with Gasteiger partial charge in [-0.15, -0.1) is 49.6 Å². The van der Waals surface area contributed by atoms with Crippen LogP contribution in [-0.4, -0.2) is 14.2 Å². The maximum atomic E-state index is 8.85. The molecule has 6 nitrogen and oxygen atoms in total. The number of rotatable bonds is 3. The molecular formula is C14H16Cl4N4O2Zn+2. The zero-order chi connectivity index (χ0) is 14.5. The van der Waals surface area contributed by atoms with Gasteiger partial charge in [0.1, 0.15) is 0 Å². The van der Waals surface area contributed by atoms with E-state index in [4.69, 9.17) is 20.3 Å². The first-order valence-electron chi connectivity index (χ1n) is 5.80. The van der Waals surface area contributed by atoms with Gasteiger partial charge in [0, 0.05) is 31.6 Å². The number of hydrogen-bond donors (Lipinski definition) is 0. The normalized spacial score (nSPS) is 7.52. The summed E-state index contributed by atoms with van der Waals surface area (Å²) in [6.45, 7) is 0. The summed E-state index contributed by atoms with van der Waals surface area (Å²) >= 11 is 0. The standard InChI is InChI=1S/C14H12N4O2.4ClH.Zn/c1-19-13-7-9(3-5-11(13)17-15)10-4-6-12(18-16)14(8-10)20-2;;;;;/h3-8H,1-2H3;4*1H;/q+2;;;;;. The van der Waals surface area contributed by atoms with Crippen LogP contribution in [0.25, 0.3) is 21.1 Å². The van der Waals surface area contributed by atoms with Crippen LogP contribution in [0.3, 0.4) is 0 Å². The second-order valence-electron chi connectivity index (χ2n) is 3.97. The van der Waals surface area contributed by atoms with E-state index in [-0.39, 0.29) is 69.1 Å². The minimum atomic E-state index is 0. The van der Waals surface area contributed by atoms with Crippen LogP contribution in [0.2, 0.25) is 0 Å². The Hall–Kier alpha value is -1.34. The molecule has 2 rings (SSSR count). The summed E-state index contributed by atoms with van der Waals surface area (Å²) < 4.78 is 10.3. The molecule has 0 radical (unpaired) electrons. The van der Waals surface area contributed by atoms with Crippen molar-refractivity contribution in [3.63, 3.8) is 0 Å². The van der Waals surface area contributed by atoms with E-state index in [1.165, 1.54) is 14.2 Å². The van der Waals surface area contributed by atoms with Crippen molar-refractivity contribution in [1.29, 1.82) is 10.8 Å². The Kier molecular flexibility index (Phi) is 18.8. The fraction of sp³-hybridized carbons (Fsp3) is 0.143. The van der Waals surface area contributed by atoms with Crippen LogP contribution in [0.4, 0.5) is 11.4 Å². The first-order valence-corrected chi connectivity index (χ1v) is 5.80. The van der Waals surface area contributed by atoms with E-state index in [9.17, 15) is 0 Å². The molecule has 25 heavy (non-hydrogen) atoms. The van der Waals surface area contributed by atoms with Gasteiger partial charge in [0.05, 0.1) is 14.2 Å². The molecule has 0 unspecified atom stereocenters. The Labute approximate surface area is 183 Å². The fourth-order valence-corrected chi connectivity index (χ4v) is 1.88. The summed E-state index contributed by atoms with van der Waals surface area (Å²) in [5.41, 5.74) is 2.42. The molecule has 0 fully saturated rings. The van der Waals surface area contributed by atoms with Crippen molar-refractivity contribution in [2.45, 2.75) is 0 Å². The molecule has 2 aromatic rings. The number of benzene rings is 2. The van der Waals surface area contributed by atoms with E-state index in [1.807, 2.05) is 0 Å². The van der Waals surface area contributed by atoms with Crippen LogP contribution in [0, 0.1) is 10.8 Å². The molecule has 0 saturated carbocycles. The van der Waals surface area contributed by atoms with Gasteiger partial charge in [0.2, 0.25) is 22.3 Å². The minimum Gasteiger partial charge on any atom is -0.489 e. The van der Waals surface area contributed by atoms with E-state index in [2.05, 4.69) is 9.95 Å². The van der Waals surface area contributed by atoms with Crippen molar-refractivity contribution in [1.82, 2.24) is 0 Å². The Morgan fingerprint density at radius 2 is 1.00 bits per heavy atom. The van der Waals surface area contributed by atoms with Gasteiger partial charge in [-0.3, -0.25) is 0 Å². The van der Waals surface area contributed by atoms with Gasteiger partial charge >= 0.3 is 11.4 Å². The maximum absolute atomic E-state index is 8.85. The van der Waals surface area contributed by atoms with Crippen LogP contribution >= 0.6 is 49.6 Å². The first kappa shape index (κ1) is 31.4. The number of ether oxygens (including phenoxy) is 2. The van der Waals surface area contributed by atoms with Gasteiger partial charge in [-0.2, -0.15) is 0 Å². The van der Waals surface area contributed by atoms with Crippen LogP contribution in [0.1, 0.15) is 0 Å². The molecule has 0 aliphatic carbocycles. The van der Waals surface area contributed by atoms with Gasteiger partial charge in [-0.25, -0.2) is 0 Å². The van der Waals surface area contributed by atoms with Gasteiger partial charge < -0.3 is 9.47 Å². The second kappa shape index (κ2) is 15.0. The van der Waals surface area contributed by atoms with E-state index < -0.39 is 0 Å². The molecule has 0 aliphatic rings. The summed E-state index contributed by atoms with van der Waals surface area (Å²) in [5, 5.41) is 17.7. The summed E-state index contributed by atoms with van der Waals surface area (Å²) in [5.74, 6) is 0.916. The SMILES string of the molecule is COc1cc(-c2ccc([N+]#N)c(OC)c2)ccc1[N+]#N.Cl.Cl.Cl.Cl.[Zn]. The smallest absolute Gasteiger partial charge is 0.426 e. The fourth-order valence-electron chi connectivity index (χ4n) is 1.88. The van der Waals surface area contributed by atoms with Crippen LogP contribution in [0.5, 0.6) is 11.5 Å². The average molecular weight is 480 g/mol. The summed E-state index contributed by atoms with van der Waals surface area (Å²) in [6, 6.07) is 10.4. The zero-order valence-electron chi connectivity index (χ0n) is 13.4. The molecule has 0 saturated heterocycles. The minimum absolute atomic E-state index is 0. The van der Waals surface area contributed by atoms with Crippen molar-refractivity contribution in [3.05, 3.63) is 46.4 Å². The van der Waals surface area contributed by atoms with Crippen molar-refractivity contribution in [3.8, 4) is 22.6 Å². The van der Waals surface area contributed by atoms with Crippen molar-refractivity contribution in [2.75, 3.05) is 14.2 Å². The maximum Gasteiger partial charge on any atom is 0.426 e. The molecule has 0 N–H and O–H groups in total. The number of halogens is 4. The van der Waals surface area contributed by atoms with Crippen LogP contribution in [-0.2, 0) is 19.5 Å². The molecule has 0 aliphatic heterocycles. The van der Waals surface area contributed by atoms with E-state index >= 15 is 0 Å². The largest absolute Gasteiger partial charge is 0.489 e. The molecule has 0 aromatic heterocycles. The molecular weight excluding hydrogens is 463 g/mol. The molecule has 11 heteroatoms. The number of diazo groups is 2. The quantitative estimate of drug-likeness (QED) is 0.398. The van der Waals surface area contributed by atoms with Gasteiger partial charge in [-0.05, 0) is 35.4 Å². The Morgan fingerprint density at radius 3 is 1.24 bits per heavy atom. The molecule has 0 heterocycles. The Bertz CT molecular complexity index is 687. The van der Waals surface area contributed by atoms with Crippen molar-refractivity contribution < 1.29 is 29.0 Å². The molecule has 0 amide bonds. The second-order valence-corrected chi connectivity index (χ2v) is 3.97. The van der Waals surface area contributed by atoms with Gasteiger partial charge in [-0.1, -0.05) is 0 Å². The number of methoxy groups -OCH3 is 2. The monoisotopic (exact) mass is 476 g/mol. The van der Waals surface area contributed by atoms with Gasteiger partial charge in [0.15, 0.2) is 9.95 Å². The van der Waals surface area contributed by atoms with E-state index in [0.717, 1.165) is 11.1 Å². The predicted octanol–water partition coefficient (Wildman–Crippen LogP) is 6.02. The zero-order valence-corrected chi connectivity index (χ0v) is 19.6. The van der Waals surface area contributed by atoms with Crippen molar-refractivity contribution >= 4 is 61.0 Å². The first-order chi connectivity index (χ1) is 9.73. The third kappa shape index (κ3) is 7.20. The third-order valence-corrected chi connectivity index (χ3v) is 2.91. The van der Waals surface area contributed by atoms with Gasteiger partial charge in [0.25, 0.3) is 0 Å². The van der Waals surface area contributed by atoms with Crippen LogP contribution < -0.4 is 9.47 Å². The molecule has 0 spiro atoms. The average Bonchev–Trinajstić information content (AvgIpc) is 2.53. The topological polar surface area (TPSA) is 74.8 Å². The Balaban J connectivity index is -0.000000441. The third-order valence-electron chi connectivity index (χ3n) is 2.91. The number of nitrogens with zero attached hydrogens (tertiary/aromatic N) is 4. The molecule has 0 atom stereocenters. The predicted molar refractivity (Wildman–Crippen MR) is 103 cm³/mol. The number of hydrogen-bond acceptors (Lipinski definition) is 4. The van der Waals surface area contributed by atoms with Crippen molar-refractivity contribution in [2.24, 2.45) is 0 Å².